The van der Waals surface area contributed by atoms with Gasteiger partial charge in [0.1, 0.15) is 5.82 Å². The van der Waals surface area contributed by atoms with Gasteiger partial charge in [-0.05, 0) is 68.4 Å². The molecule has 0 spiro atoms. The Hall–Kier alpha value is -2.65. The van der Waals surface area contributed by atoms with Crippen LogP contribution in [0.1, 0.15) is 24.0 Å². The lowest BCUT2D eigenvalue weighted by Crippen LogP contribution is -2.32. The zero-order chi connectivity index (χ0) is 22.0. The molecule has 0 N–H and O–H groups in total. The number of hydrogen-bond donors (Lipinski definition) is 0. The minimum absolute atomic E-state index is 0. The number of aromatic nitrogens is 2. The third-order valence-electron chi connectivity index (χ3n) is 5.51. The van der Waals surface area contributed by atoms with E-state index >= 15 is 0 Å². The second-order valence-corrected chi connectivity index (χ2v) is 7.68. The fraction of sp³-hybridized carbons (Fsp3) is 0.304. The number of likely N-dealkylation sites (tertiary alicyclic amines) is 1. The summed E-state index contributed by atoms with van der Waals surface area (Å²) in [7, 11) is 0. The summed E-state index contributed by atoms with van der Waals surface area (Å²) in [6.45, 7) is 2.06. The maximum Gasteiger partial charge on any atom is 0.416 e. The summed E-state index contributed by atoms with van der Waals surface area (Å²) in [5, 5.41) is 13.6. The maximum atomic E-state index is 13.4. The van der Waals surface area contributed by atoms with Crippen LogP contribution in [-0.4, -0.2) is 45.1 Å². The first-order valence-corrected chi connectivity index (χ1v) is 9.97. The Labute approximate surface area is 194 Å². The molecular weight excluding hydrogens is 435 g/mol. The number of halogens is 4. The van der Waals surface area contributed by atoms with Gasteiger partial charge >= 0.3 is 6.18 Å². The summed E-state index contributed by atoms with van der Waals surface area (Å²) >= 11 is 0. The average molecular weight is 458 g/mol. The number of nitriles is 1. The van der Waals surface area contributed by atoms with Crippen molar-refractivity contribution in [1.82, 2.24) is 14.7 Å². The first-order valence-electron chi connectivity index (χ1n) is 9.97. The molecule has 0 saturated carbocycles. The van der Waals surface area contributed by atoms with E-state index in [1.165, 1.54) is 22.9 Å². The Balaban J connectivity index is 0.00000289. The van der Waals surface area contributed by atoms with Gasteiger partial charge in [-0.15, -0.1) is 0 Å². The molecule has 1 aromatic heterocycles. The van der Waals surface area contributed by atoms with Gasteiger partial charge in [-0.1, -0.05) is 6.07 Å². The number of alkyl halides is 3. The summed E-state index contributed by atoms with van der Waals surface area (Å²) < 4.78 is 54.3. The number of piperidine rings is 1. The fourth-order valence-corrected chi connectivity index (χ4v) is 3.79. The van der Waals surface area contributed by atoms with Crippen molar-refractivity contribution in [2.45, 2.75) is 25.6 Å². The maximum absolute atomic E-state index is 13.4. The minimum Gasteiger partial charge on any atom is -0.299 e. The van der Waals surface area contributed by atoms with Crippen molar-refractivity contribution in [3.8, 4) is 23.0 Å². The third kappa shape index (κ3) is 5.39. The highest BCUT2D eigenvalue weighted by atomic mass is 27.0. The lowest BCUT2D eigenvalue weighted by molar-refractivity contribution is -0.137. The van der Waals surface area contributed by atoms with Gasteiger partial charge in [0.2, 0.25) is 0 Å². The van der Waals surface area contributed by atoms with Crippen LogP contribution in [0.25, 0.3) is 16.9 Å². The molecule has 4 nitrogen and oxygen atoms in total. The summed E-state index contributed by atoms with van der Waals surface area (Å²) in [6, 6.07) is 13.2. The van der Waals surface area contributed by atoms with Gasteiger partial charge in [-0.2, -0.15) is 23.5 Å². The molecule has 0 radical (unpaired) electrons. The Kier molecular flexibility index (Phi) is 7.41. The molecule has 2 heterocycles. The van der Waals surface area contributed by atoms with Gasteiger partial charge in [0.15, 0.2) is 17.4 Å². The van der Waals surface area contributed by atoms with Crippen LogP contribution in [0.2, 0.25) is 0 Å². The molecular formula is C23H23AlF4N4. The van der Waals surface area contributed by atoms with Crippen LogP contribution in [0, 0.1) is 23.1 Å². The van der Waals surface area contributed by atoms with E-state index in [1.807, 2.05) is 0 Å². The second kappa shape index (κ2) is 9.87. The Bertz CT molecular complexity index is 1090. The predicted molar refractivity (Wildman–Crippen MR) is 118 cm³/mol. The summed E-state index contributed by atoms with van der Waals surface area (Å²) in [5.41, 5.74) is 1.67. The van der Waals surface area contributed by atoms with Crippen LogP contribution in [0.15, 0.2) is 54.7 Å². The number of benzene rings is 2. The Morgan fingerprint density at radius 1 is 1.06 bits per heavy atom. The standard InChI is InChI=1S/C23H20F4N4.Al.3H/c24-20-6-4-17(5-7-20)22-18(14-30-10-8-16(13-28)9-11-30)15-31(29-22)21-3-1-2-19(12-21)23(25,26)27;;;;/h1-7,12,15-16H,8-11,14H2;;;;. The minimum atomic E-state index is -4.45. The quantitative estimate of drug-likeness (QED) is 0.434. The van der Waals surface area contributed by atoms with Crippen LogP contribution >= 0.6 is 0 Å². The van der Waals surface area contributed by atoms with Gasteiger partial charge in [0.05, 0.1) is 23.0 Å². The van der Waals surface area contributed by atoms with Gasteiger partial charge in [0.25, 0.3) is 0 Å². The molecule has 4 rings (SSSR count). The molecule has 9 heteroatoms. The van der Waals surface area contributed by atoms with Crippen LogP contribution in [0.4, 0.5) is 17.6 Å². The lowest BCUT2D eigenvalue weighted by Gasteiger charge is -2.28. The molecule has 32 heavy (non-hydrogen) atoms. The highest BCUT2D eigenvalue weighted by molar-refractivity contribution is 5.75. The van der Waals surface area contributed by atoms with E-state index in [0.717, 1.165) is 43.6 Å². The summed E-state index contributed by atoms with van der Waals surface area (Å²) in [6.07, 6.45) is -1.16. The van der Waals surface area contributed by atoms with Gasteiger partial charge in [0, 0.05) is 29.8 Å². The molecule has 2 aromatic carbocycles. The van der Waals surface area contributed by atoms with Crippen LogP contribution in [0.5, 0.6) is 0 Å². The Morgan fingerprint density at radius 3 is 2.38 bits per heavy atom. The summed E-state index contributed by atoms with van der Waals surface area (Å²) in [4.78, 5) is 2.20. The van der Waals surface area contributed by atoms with Crippen LogP contribution in [-0.2, 0) is 12.7 Å². The van der Waals surface area contributed by atoms with Gasteiger partial charge < -0.3 is 0 Å². The Morgan fingerprint density at radius 2 is 1.75 bits per heavy atom. The average Bonchev–Trinajstić information content (AvgIpc) is 3.18. The van der Waals surface area contributed by atoms with E-state index in [0.29, 0.717) is 23.5 Å². The SMILES string of the molecule is N#CC1CCN(Cc2cn(-c3cccc(C(F)(F)F)c3)nc2-c2ccc(F)cc2)CC1.[AlH3]. The van der Waals surface area contributed by atoms with Gasteiger partial charge in [-0.25, -0.2) is 9.07 Å². The van der Waals surface area contributed by atoms with Crippen molar-refractivity contribution in [3.05, 3.63) is 71.7 Å². The third-order valence-corrected chi connectivity index (χ3v) is 5.51. The second-order valence-electron chi connectivity index (χ2n) is 7.68. The molecule has 1 saturated heterocycles. The van der Waals surface area contributed by atoms with Crippen molar-refractivity contribution >= 4 is 17.4 Å². The van der Waals surface area contributed by atoms with Crippen molar-refractivity contribution < 1.29 is 17.6 Å². The van der Waals surface area contributed by atoms with Crippen LogP contribution in [0.3, 0.4) is 0 Å². The van der Waals surface area contributed by atoms with Crippen molar-refractivity contribution in [2.24, 2.45) is 5.92 Å². The molecule has 1 fully saturated rings. The van der Waals surface area contributed by atoms with Crippen molar-refractivity contribution in [3.63, 3.8) is 0 Å². The van der Waals surface area contributed by atoms with E-state index in [9.17, 15) is 17.6 Å². The first-order chi connectivity index (χ1) is 14.8. The van der Waals surface area contributed by atoms with E-state index in [-0.39, 0.29) is 29.1 Å². The normalized spacial score (nSPS) is 15.2. The first kappa shape index (κ1) is 24.0. The highest BCUT2D eigenvalue weighted by Crippen LogP contribution is 2.31. The largest absolute Gasteiger partial charge is 0.416 e. The zero-order valence-corrected chi connectivity index (χ0v) is 16.6. The monoisotopic (exact) mass is 458 g/mol. The molecule has 1 aliphatic heterocycles. The molecule has 0 atom stereocenters. The molecule has 0 aliphatic carbocycles. The number of rotatable bonds is 4. The fourth-order valence-electron chi connectivity index (χ4n) is 3.79. The summed E-state index contributed by atoms with van der Waals surface area (Å²) in [5.74, 6) is -0.318. The topological polar surface area (TPSA) is 44.9 Å². The molecule has 3 aromatic rings. The molecule has 1 aliphatic rings. The van der Waals surface area contributed by atoms with E-state index in [2.05, 4.69) is 16.1 Å². The smallest absolute Gasteiger partial charge is 0.299 e. The zero-order valence-electron chi connectivity index (χ0n) is 16.6. The van der Waals surface area contributed by atoms with Crippen molar-refractivity contribution in [1.29, 1.82) is 5.26 Å². The number of hydrogen-bond acceptors (Lipinski definition) is 3. The molecule has 166 valence electrons. The molecule has 0 amide bonds. The van der Waals surface area contributed by atoms with E-state index in [1.54, 1.807) is 24.4 Å². The van der Waals surface area contributed by atoms with Crippen LogP contribution < -0.4 is 0 Å². The number of nitrogens with zero attached hydrogens (tertiary/aromatic N) is 4. The van der Waals surface area contributed by atoms with Gasteiger partial charge in [-0.3, -0.25) is 4.90 Å². The highest BCUT2D eigenvalue weighted by Gasteiger charge is 2.30. The molecule has 0 unspecified atom stereocenters. The van der Waals surface area contributed by atoms with Crippen molar-refractivity contribution in [2.75, 3.05) is 13.1 Å². The molecule has 0 bridgehead atoms. The lowest BCUT2D eigenvalue weighted by atomic mass is 9.98. The van der Waals surface area contributed by atoms with E-state index in [4.69, 9.17) is 5.26 Å². The van der Waals surface area contributed by atoms with E-state index < -0.39 is 11.7 Å². The predicted octanol–water partition coefficient (Wildman–Crippen LogP) is 4.25.